The average Bonchev–Trinajstić information content (AvgIpc) is 2.53. The molecular formula is C10H13BrO. The van der Waals surface area contributed by atoms with Gasteiger partial charge in [-0.2, -0.15) is 0 Å². The van der Waals surface area contributed by atoms with Crippen molar-refractivity contribution in [1.29, 1.82) is 0 Å². The Morgan fingerprint density at radius 3 is 2.58 bits per heavy atom. The zero-order chi connectivity index (χ0) is 8.39. The molecule has 1 aliphatic rings. The Hall–Kier alpha value is -0.240. The molecule has 0 unspecified atom stereocenters. The highest BCUT2D eigenvalue weighted by molar-refractivity contribution is 9.10. The maximum absolute atomic E-state index is 5.23. The molecular weight excluding hydrogens is 216 g/mol. The van der Waals surface area contributed by atoms with Crippen LogP contribution in [0.15, 0.2) is 21.4 Å². The predicted molar refractivity (Wildman–Crippen MR) is 52.2 cm³/mol. The van der Waals surface area contributed by atoms with Gasteiger partial charge in [0, 0.05) is 5.56 Å². The van der Waals surface area contributed by atoms with Crippen LogP contribution in [0.1, 0.15) is 43.6 Å². The molecule has 0 radical (unpaired) electrons. The van der Waals surface area contributed by atoms with Gasteiger partial charge in [-0.05, 0) is 40.8 Å². The second-order valence-corrected chi connectivity index (χ2v) is 4.20. The summed E-state index contributed by atoms with van der Waals surface area (Å²) < 4.78 is 6.17. The quantitative estimate of drug-likeness (QED) is 0.706. The first-order valence-corrected chi connectivity index (χ1v) is 5.40. The minimum atomic E-state index is 0.742. The minimum absolute atomic E-state index is 0.742. The molecule has 0 aliphatic heterocycles. The summed E-state index contributed by atoms with van der Waals surface area (Å²) in [5, 5.41) is 0. The zero-order valence-corrected chi connectivity index (χ0v) is 8.64. The molecule has 1 aromatic rings. The lowest BCUT2D eigenvalue weighted by atomic mass is 9.85. The van der Waals surface area contributed by atoms with Crippen LogP contribution in [-0.2, 0) is 0 Å². The Morgan fingerprint density at radius 1 is 1.25 bits per heavy atom. The lowest BCUT2D eigenvalue weighted by Crippen LogP contribution is -2.03. The molecule has 1 fully saturated rings. The fourth-order valence-corrected chi connectivity index (χ4v) is 2.57. The Bertz CT molecular complexity index is 248. The summed E-state index contributed by atoms with van der Waals surface area (Å²) in [6.45, 7) is 0. The van der Waals surface area contributed by atoms with Gasteiger partial charge in [0.15, 0.2) is 4.67 Å². The molecule has 66 valence electrons. The Morgan fingerprint density at radius 2 is 2.00 bits per heavy atom. The van der Waals surface area contributed by atoms with Gasteiger partial charge in [0.25, 0.3) is 0 Å². The highest BCUT2D eigenvalue weighted by Crippen LogP contribution is 2.36. The van der Waals surface area contributed by atoms with Gasteiger partial charge in [-0.15, -0.1) is 0 Å². The molecule has 0 atom stereocenters. The normalized spacial score (nSPS) is 19.8. The monoisotopic (exact) mass is 228 g/mol. The van der Waals surface area contributed by atoms with E-state index in [2.05, 4.69) is 22.0 Å². The van der Waals surface area contributed by atoms with E-state index in [9.17, 15) is 0 Å². The van der Waals surface area contributed by atoms with E-state index in [1.165, 1.54) is 37.7 Å². The first-order valence-electron chi connectivity index (χ1n) is 4.61. The van der Waals surface area contributed by atoms with Gasteiger partial charge < -0.3 is 4.42 Å². The van der Waals surface area contributed by atoms with E-state index in [1.54, 1.807) is 6.26 Å². The van der Waals surface area contributed by atoms with Gasteiger partial charge in [-0.25, -0.2) is 0 Å². The van der Waals surface area contributed by atoms with Gasteiger partial charge in [0.1, 0.15) is 0 Å². The van der Waals surface area contributed by atoms with Crippen molar-refractivity contribution in [1.82, 2.24) is 0 Å². The van der Waals surface area contributed by atoms with Crippen LogP contribution in [0.2, 0.25) is 0 Å². The van der Waals surface area contributed by atoms with E-state index in [0.29, 0.717) is 0 Å². The van der Waals surface area contributed by atoms with Crippen LogP contribution in [0.25, 0.3) is 0 Å². The predicted octanol–water partition coefficient (Wildman–Crippen LogP) is 4.09. The highest BCUT2D eigenvalue weighted by atomic mass is 79.9. The van der Waals surface area contributed by atoms with Crippen LogP contribution < -0.4 is 0 Å². The second-order valence-electron chi connectivity index (χ2n) is 3.48. The molecule has 1 aliphatic carbocycles. The molecule has 0 aromatic carbocycles. The highest BCUT2D eigenvalue weighted by Gasteiger charge is 2.18. The van der Waals surface area contributed by atoms with E-state index < -0.39 is 0 Å². The van der Waals surface area contributed by atoms with Gasteiger partial charge in [-0.1, -0.05) is 19.3 Å². The smallest absolute Gasteiger partial charge is 0.172 e. The van der Waals surface area contributed by atoms with Crippen LogP contribution in [0.3, 0.4) is 0 Å². The van der Waals surface area contributed by atoms with Crippen LogP contribution in [0.4, 0.5) is 0 Å². The third-order valence-electron chi connectivity index (χ3n) is 2.69. The molecule has 0 bridgehead atoms. The molecule has 0 spiro atoms. The van der Waals surface area contributed by atoms with Crippen molar-refractivity contribution >= 4 is 15.9 Å². The Balaban J connectivity index is 2.13. The number of rotatable bonds is 1. The molecule has 12 heavy (non-hydrogen) atoms. The van der Waals surface area contributed by atoms with Crippen LogP contribution in [0, 0.1) is 0 Å². The van der Waals surface area contributed by atoms with Crippen molar-refractivity contribution in [3.8, 4) is 0 Å². The topological polar surface area (TPSA) is 13.1 Å². The maximum atomic E-state index is 5.23. The number of hydrogen-bond acceptors (Lipinski definition) is 1. The van der Waals surface area contributed by atoms with Gasteiger partial charge in [0.05, 0.1) is 6.26 Å². The molecule has 0 N–H and O–H groups in total. The third-order valence-corrected chi connectivity index (χ3v) is 3.34. The fraction of sp³-hybridized carbons (Fsp3) is 0.600. The van der Waals surface area contributed by atoms with E-state index >= 15 is 0 Å². The average molecular weight is 229 g/mol. The molecule has 1 heterocycles. The van der Waals surface area contributed by atoms with E-state index in [4.69, 9.17) is 4.42 Å². The van der Waals surface area contributed by atoms with E-state index in [-0.39, 0.29) is 0 Å². The summed E-state index contributed by atoms with van der Waals surface area (Å²) in [7, 11) is 0. The van der Waals surface area contributed by atoms with E-state index in [0.717, 1.165) is 10.6 Å². The summed E-state index contributed by atoms with van der Waals surface area (Å²) in [5.74, 6) is 0.742. The summed E-state index contributed by atoms with van der Waals surface area (Å²) in [4.78, 5) is 0. The van der Waals surface area contributed by atoms with Crippen molar-refractivity contribution in [2.24, 2.45) is 0 Å². The molecule has 0 saturated heterocycles. The Kier molecular flexibility index (Phi) is 2.54. The van der Waals surface area contributed by atoms with Crippen molar-refractivity contribution in [2.45, 2.75) is 38.0 Å². The summed E-state index contributed by atoms with van der Waals surface area (Å²) in [6.07, 6.45) is 8.60. The molecule has 1 saturated carbocycles. The van der Waals surface area contributed by atoms with Crippen molar-refractivity contribution in [2.75, 3.05) is 0 Å². The van der Waals surface area contributed by atoms with Gasteiger partial charge in [-0.3, -0.25) is 0 Å². The van der Waals surface area contributed by atoms with Crippen molar-refractivity contribution < 1.29 is 4.42 Å². The molecule has 2 rings (SSSR count). The summed E-state index contributed by atoms with van der Waals surface area (Å²) in [6, 6.07) is 2.10. The SMILES string of the molecule is Brc1occc1C1CCCCC1. The summed E-state index contributed by atoms with van der Waals surface area (Å²) in [5.41, 5.74) is 1.37. The fourth-order valence-electron chi connectivity index (χ4n) is 2.01. The number of hydrogen-bond donors (Lipinski definition) is 0. The third kappa shape index (κ3) is 1.58. The maximum Gasteiger partial charge on any atom is 0.172 e. The van der Waals surface area contributed by atoms with Crippen molar-refractivity contribution in [3.63, 3.8) is 0 Å². The molecule has 1 nitrogen and oxygen atoms in total. The first kappa shape index (κ1) is 8.36. The number of furan rings is 1. The minimum Gasteiger partial charge on any atom is -0.457 e. The van der Waals surface area contributed by atoms with Gasteiger partial charge in [0.2, 0.25) is 0 Å². The van der Waals surface area contributed by atoms with Crippen LogP contribution >= 0.6 is 15.9 Å². The second kappa shape index (κ2) is 3.65. The van der Waals surface area contributed by atoms with Gasteiger partial charge >= 0.3 is 0 Å². The van der Waals surface area contributed by atoms with Crippen LogP contribution in [-0.4, -0.2) is 0 Å². The lowest BCUT2D eigenvalue weighted by Gasteiger charge is -2.20. The Labute approximate surface area is 81.3 Å². The largest absolute Gasteiger partial charge is 0.457 e. The molecule has 2 heteroatoms. The molecule has 0 amide bonds. The first-order chi connectivity index (χ1) is 5.88. The van der Waals surface area contributed by atoms with Crippen LogP contribution in [0.5, 0.6) is 0 Å². The number of halogens is 1. The lowest BCUT2D eigenvalue weighted by molar-refractivity contribution is 0.435. The zero-order valence-electron chi connectivity index (χ0n) is 7.05. The molecule has 1 aromatic heterocycles. The summed E-state index contributed by atoms with van der Waals surface area (Å²) >= 11 is 3.44. The van der Waals surface area contributed by atoms with Crippen molar-refractivity contribution in [3.05, 3.63) is 22.6 Å². The standard InChI is InChI=1S/C10H13BrO/c11-10-9(6-7-12-10)8-4-2-1-3-5-8/h6-8H,1-5H2. The van der Waals surface area contributed by atoms with E-state index in [1.807, 2.05) is 0 Å².